The highest BCUT2D eigenvalue weighted by atomic mass is 35.5. The molecule has 1 fully saturated rings. The van der Waals surface area contributed by atoms with E-state index < -0.39 is 10.8 Å². The molecule has 0 radical (unpaired) electrons. The molecule has 1 aliphatic carbocycles. The molecule has 19 heavy (non-hydrogen) atoms. The first-order valence-electron chi connectivity index (χ1n) is 6.99. The predicted octanol–water partition coefficient (Wildman–Crippen LogP) is 3.61. The Hall–Kier alpha value is -0.380. The van der Waals surface area contributed by atoms with Gasteiger partial charge in [-0.1, -0.05) is 24.9 Å². The van der Waals surface area contributed by atoms with Crippen molar-refractivity contribution in [2.24, 2.45) is 5.92 Å². The number of nitrogens with one attached hydrogen (secondary N) is 1. The maximum absolute atomic E-state index is 12.8. The summed E-state index contributed by atoms with van der Waals surface area (Å²) in [4.78, 5) is 0.895. The summed E-state index contributed by atoms with van der Waals surface area (Å²) in [6, 6.07) is 7.79. The third-order valence-corrected chi connectivity index (χ3v) is 6.23. The Morgan fingerprint density at radius 3 is 2.58 bits per heavy atom. The predicted molar refractivity (Wildman–Crippen MR) is 82.1 cm³/mol. The number of benzene rings is 1. The Balaban J connectivity index is 2.16. The molecule has 4 unspecified atom stereocenters. The summed E-state index contributed by atoms with van der Waals surface area (Å²) < 4.78 is 12.8. The molecule has 0 amide bonds. The molecule has 2 rings (SSSR count). The number of rotatable bonds is 4. The quantitative estimate of drug-likeness (QED) is 0.920. The van der Waals surface area contributed by atoms with E-state index in [1.807, 2.05) is 31.3 Å². The highest BCUT2D eigenvalue weighted by molar-refractivity contribution is 7.85. The summed E-state index contributed by atoms with van der Waals surface area (Å²) in [5, 5.41) is 4.25. The Morgan fingerprint density at radius 2 is 2.00 bits per heavy atom. The van der Waals surface area contributed by atoms with Crippen molar-refractivity contribution in [3.05, 3.63) is 29.3 Å². The van der Waals surface area contributed by atoms with Crippen LogP contribution in [0.2, 0.25) is 5.02 Å². The molecule has 0 bridgehead atoms. The van der Waals surface area contributed by atoms with E-state index in [0.717, 1.165) is 17.7 Å². The first kappa shape index (κ1) is 15.0. The molecule has 1 N–H and O–H groups in total. The number of halogens is 1. The lowest BCUT2D eigenvalue weighted by Gasteiger charge is -2.35. The van der Waals surface area contributed by atoms with E-state index in [9.17, 15) is 4.21 Å². The molecule has 1 aromatic rings. The lowest BCUT2D eigenvalue weighted by molar-refractivity contribution is 0.301. The van der Waals surface area contributed by atoms with Crippen LogP contribution in [-0.4, -0.2) is 22.5 Å². The lowest BCUT2D eigenvalue weighted by atomic mass is 9.84. The van der Waals surface area contributed by atoms with Gasteiger partial charge < -0.3 is 5.32 Å². The average molecular weight is 300 g/mol. The van der Waals surface area contributed by atoms with Crippen molar-refractivity contribution in [2.75, 3.05) is 7.05 Å². The average Bonchev–Trinajstić information content (AvgIpc) is 2.46. The fourth-order valence-electron chi connectivity index (χ4n) is 2.89. The minimum Gasteiger partial charge on any atom is -0.316 e. The second kappa shape index (κ2) is 6.87. The minimum absolute atomic E-state index is 0.213. The summed E-state index contributed by atoms with van der Waals surface area (Å²) in [6.45, 7) is 2.23. The van der Waals surface area contributed by atoms with E-state index >= 15 is 0 Å². The van der Waals surface area contributed by atoms with Crippen LogP contribution >= 0.6 is 11.6 Å². The zero-order valence-electron chi connectivity index (χ0n) is 11.6. The fraction of sp³-hybridized carbons (Fsp3) is 0.600. The third-order valence-electron chi connectivity index (χ3n) is 4.17. The van der Waals surface area contributed by atoms with Gasteiger partial charge in [0.15, 0.2) is 0 Å². The van der Waals surface area contributed by atoms with E-state index in [1.54, 1.807) is 0 Å². The zero-order chi connectivity index (χ0) is 13.8. The van der Waals surface area contributed by atoms with Crippen molar-refractivity contribution in [3.8, 4) is 0 Å². The van der Waals surface area contributed by atoms with Crippen LogP contribution in [-0.2, 0) is 10.8 Å². The van der Waals surface area contributed by atoms with Crippen molar-refractivity contribution >= 4 is 22.4 Å². The summed E-state index contributed by atoms with van der Waals surface area (Å²) in [5.41, 5.74) is 0. The molecular formula is C15H22ClNOS. The SMILES string of the molecule is CCC1CCC(NC)C(S(=O)c2ccc(Cl)cc2)C1. The van der Waals surface area contributed by atoms with E-state index in [2.05, 4.69) is 12.2 Å². The molecule has 106 valence electrons. The summed E-state index contributed by atoms with van der Waals surface area (Å²) >= 11 is 5.89. The van der Waals surface area contributed by atoms with Crippen LogP contribution in [0, 0.1) is 5.92 Å². The number of hydrogen-bond donors (Lipinski definition) is 1. The van der Waals surface area contributed by atoms with Gasteiger partial charge in [0.1, 0.15) is 0 Å². The second-order valence-corrected chi connectivity index (χ2v) is 7.38. The highest BCUT2D eigenvalue weighted by Crippen LogP contribution is 2.32. The largest absolute Gasteiger partial charge is 0.316 e. The van der Waals surface area contributed by atoms with Gasteiger partial charge in [0.25, 0.3) is 0 Å². The first-order valence-corrected chi connectivity index (χ1v) is 8.58. The van der Waals surface area contributed by atoms with Gasteiger partial charge in [-0.25, -0.2) is 0 Å². The van der Waals surface area contributed by atoms with Gasteiger partial charge in [-0.05, 0) is 56.5 Å². The molecule has 0 heterocycles. The van der Waals surface area contributed by atoms with Crippen molar-refractivity contribution in [1.82, 2.24) is 5.32 Å². The van der Waals surface area contributed by atoms with Crippen molar-refractivity contribution < 1.29 is 4.21 Å². The van der Waals surface area contributed by atoms with Crippen molar-refractivity contribution in [3.63, 3.8) is 0 Å². The van der Waals surface area contributed by atoms with Gasteiger partial charge in [0.2, 0.25) is 0 Å². The molecular weight excluding hydrogens is 278 g/mol. The number of hydrogen-bond acceptors (Lipinski definition) is 2. The van der Waals surface area contributed by atoms with E-state index in [4.69, 9.17) is 11.6 Å². The van der Waals surface area contributed by atoms with Gasteiger partial charge in [0.05, 0.1) is 16.0 Å². The van der Waals surface area contributed by atoms with Gasteiger partial charge in [-0.3, -0.25) is 4.21 Å². The van der Waals surface area contributed by atoms with Gasteiger partial charge in [0, 0.05) is 16.0 Å². The highest BCUT2D eigenvalue weighted by Gasteiger charge is 2.33. The minimum atomic E-state index is -0.952. The Morgan fingerprint density at radius 1 is 1.32 bits per heavy atom. The molecule has 1 aliphatic rings. The first-order chi connectivity index (χ1) is 9.15. The molecule has 2 nitrogen and oxygen atoms in total. The smallest absolute Gasteiger partial charge is 0.0576 e. The van der Waals surface area contributed by atoms with Crippen molar-refractivity contribution in [2.45, 2.75) is 48.8 Å². The van der Waals surface area contributed by atoms with Crippen LogP contribution in [0.25, 0.3) is 0 Å². The van der Waals surface area contributed by atoms with Crippen LogP contribution in [0.1, 0.15) is 32.6 Å². The van der Waals surface area contributed by atoms with Gasteiger partial charge in [-0.15, -0.1) is 0 Å². The van der Waals surface area contributed by atoms with Gasteiger partial charge >= 0.3 is 0 Å². The molecule has 0 spiro atoms. The lowest BCUT2D eigenvalue weighted by Crippen LogP contribution is -2.44. The molecule has 4 heteroatoms. The third kappa shape index (κ3) is 3.59. The topological polar surface area (TPSA) is 29.1 Å². The van der Waals surface area contributed by atoms with Crippen LogP contribution in [0.3, 0.4) is 0 Å². The van der Waals surface area contributed by atoms with Crippen molar-refractivity contribution in [1.29, 1.82) is 0 Å². The summed E-state index contributed by atoms with van der Waals surface area (Å²) in [6.07, 6.45) is 4.61. The molecule has 0 saturated heterocycles. The van der Waals surface area contributed by atoms with Gasteiger partial charge in [-0.2, -0.15) is 0 Å². The maximum atomic E-state index is 12.8. The Bertz CT molecular complexity index is 434. The molecule has 1 aromatic carbocycles. The summed E-state index contributed by atoms with van der Waals surface area (Å²) in [5.74, 6) is 0.714. The molecule has 0 aromatic heterocycles. The maximum Gasteiger partial charge on any atom is 0.0576 e. The van der Waals surface area contributed by atoms with Crippen LogP contribution in [0.5, 0.6) is 0 Å². The van der Waals surface area contributed by atoms with E-state index in [0.29, 0.717) is 17.0 Å². The second-order valence-electron chi connectivity index (χ2n) is 5.27. The van der Waals surface area contributed by atoms with E-state index in [1.165, 1.54) is 12.8 Å². The van der Waals surface area contributed by atoms with E-state index in [-0.39, 0.29) is 5.25 Å². The Kier molecular flexibility index (Phi) is 5.43. The normalized spacial score (nSPS) is 29.1. The Labute approximate surface area is 123 Å². The van der Waals surface area contributed by atoms with Crippen LogP contribution in [0.4, 0.5) is 0 Å². The zero-order valence-corrected chi connectivity index (χ0v) is 13.1. The molecule has 1 saturated carbocycles. The van der Waals surface area contributed by atoms with Crippen LogP contribution in [0.15, 0.2) is 29.2 Å². The van der Waals surface area contributed by atoms with Crippen LogP contribution < -0.4 is 5.32 Å². The monoisotopic (exact) mass is 299 g/mol. The fourth-order valence-corrected chi connectivity index (χ4v) is 4.79. The molecule has 0 aliphatic heterocycles. The summed E-state index contributed by atoms with van der Waals surface area (Å²) in [7, 11) is 1.02. The standard InChI is InChI=1S/C15H22ClNOS/c1-3-11-4-9-14(17-2)15(10-11)19(18)13-7-5-12(16)6-8-13/h5-8,11,14-15,17H,3-4,9-10H2,1-2H3. The molecule has 4 atom stereocenters.